The van der Waals surface area contributed by atoms with Crippen molar-refractivity contribution in [2.24, 2.45) is 5.73 Å². The van der Waals surface area contributed by atoms with Crippen molar-refractivity contribution < 1.29 is 19.1 Å². The van der Waals surface area contributed by atoms with Crippen LogP contribution in [0.4, 0.5) is 10.5 Å². The maximum atomic E-state index is 12.7. The summed E-state index contributed by atoms with van der Waals surface area (Å²) < 4.78 is 10.5. The van der Waals surface area contributed by atoms with Crippen molar-refractivity contribution in [3.05, 3.63) is 58.1 Å². The number of hydrogen-bond acceptors (Lipinski definition) is 5. The SMILES string of the molecule is CCOC(=O)Oc1ccc(C(N)CC(=O)N2CCc3ccccc32)c(Br)c1. The van der Waals surface area contributed by atoms with Crippen LogP contribution in [-0.4, -0.2) is 25.2 Å². The van der Waals surface area contributed by atoms with Crippen LogP contribution in [0.25, 0.3) is 0 Å². The number of fused-ring (bicyclic) bond motifs is 1. The number of para-hydroxylation sites is 1. The zero-order chi connectivity index (χ0) is 19.4. The van der Waals surface area contributed by atoms with Crippen LogP contribution >= 0.6 is 15.9 Å². The molecule has 1 unspecified atom stereocenters. The third-order valence-corrected chi connectivity index (χ3v) is 5.10. The first-order chi connectivity index (χ1) is 13.0. The van der Waals surface area contributed by atoms with Gasteiger partial charge in [0.2, 0.25) is 5.91 Å². The van der Waals surface area contributed by atoms with Gasteiger partial charge < -0.3 is 20.1 Å². The summed E-state index contributed by atoms with van der Waals surface area (Å²) in [4.78, 5) is 25.9. The highest BCUT2D eigenvalue weighted by atomic mass is 79.9. The second-order valence-electron chi connectivity index (χ2n) is 6.20. The summed E-state index contributed by atoms with van der Waals surface area (Å²) in [6.45, 7) is 2.62. The van der Waals surface area contributed by atoms with Crippen LogP contribution in [0.15, 0.2) is 46.9 Å². The van der Waals surface area contributed by atoms with Gasteiger partial charge in [0.1, 0.15) is 5.75 Å². The molecular weight excluding hydrogens is 412 g/mol. The van der Waals surface area contributed by atoms with Crippen molar-refractivity contribution in [2.45, 2.75) is 25.8 Å². The van der Waals surface area contributed by atoms with E-state index in [0.717, 1.165) is 17.7 Å². The number of rotatable bonds is 5. The first-order valence-corrected chi connectivity index (χ1v) is 9.56. The number of carbonyl (C=O) groups excluding carboxylic acids is 2. The molecule has 0 saturated carbocycles. The smallest absolute Gasteiger partial charge is 0.434 e. The molecule has 0 saturated heterocycles. The van der Waals surface area contributed by atoms with E-state index in [2.05, 4.69) is 15.9 Å². The highest BCUT2D eigenvalue weighted by molar-refractivity contribution is 9.10. The van der Waals surface area contributed by atoms with Crippen LogP contribution in [0.1, 0.15) is 30.5 Å². The van der Waals surface area contributed by atoms with Gasteiger partial charge >= 0.3 is 6.16 Å². The normalized spacial score (nSPS) is 13.8. The molecule has 1 aliphatic heterocycles. The van der Waals surface area contributed by atoms with E-state index in [9.17, 15) is 9.59 Å². The number of ether oxygens (including phenoxy) is 2. The predicted molar refractivity (Wildman–Crippen MR) is 106 cm³/mol. The van der Waals surface area contributed by atoms with Gasteiger partial charge in [0, 0.05) is 29.2 Å². The molecule has 2 aromatic carbocycles. The van der Waals surface area contributed by atoms with Crippen molar-refractivity contribution in [2.75, 3.05) is 18.1 Å². The molecule has 142 valence electrons. The summed E-state index contributed by atoms with van der Waals surface area (Å²) in [5, 5.41) is 0. The lowest BCUT2D eigenvalue weighted by Gasteiger charge is -2.21. The largest absolute Gasteiger partial charge is 0.513 e. The lowest BCUT2D eigenvalue weighted by molar-refractivity contribution is -0.118. The third kappa shape index (κ3) is 4.48. The number of halogens is 1. The van der Waals surface area contributed by atoms with Crippen molar-refractivity contribution >= 4 is 33.7 Å². The molecule has 0 spiro atoms. The van der Waals surface area contributed by atoms with E-state index in [-0.39, 0.29) is 18.9 Å². The van der Waals surface area contributed by atoms with E-state index in [0.29, 0.717) is 16.8 Å². The fraction of sp³-hybridized carbons (Fsp3) is 0.300. The summed E-state index contributed by atoms with van der Waals surface area (Å²) >= 11 is 3.44. The Morgan fingerprint density at radius 2 is 2.04 bits per heavy atom. The Morgan fingerprint density at radius 3 is 2.78 bits per heavy atom. The minimum absolute atomic E-state index is 0.00815. The molecule has 0 bridgehead atoms. The number of carbonyl (C=O) groups is 2. The van der Waals surface area contributed by atoms with Crippen LogP contribution < -0.4 is 15.4 Å². The molecule has 27 heavy (non-hydrogen) atoms. The van der Waals surface area contributed by atoms with Gasteiger partial charge in [0.15, 0.2) is 0 Å². The molecule has 1 amide bonds. The van der Waals surface area contributed by atoms with E-state index in [4.69, 9.17) is 15.2 Å². The van der Waals surface area contributed by atoms with Gasteiger partial charge in [-0.25, -0.2) is 4.79 Å². The van der Waals surface area contributed by atoms with E-state index in [1.807, 2.05) is 24.3 Å². The molecule has 1 heterocycles. The molecule has 0 fully saturated rings. The number of anilines is 1. The second-order valence-corrected chi connectivity index (χ2v) is 7.06. The minimum atomic E-state index is -0.760. The van der Waals surface area contributed by atoms with Gasteiger partial charge in [-0.05, 0) is 42.7 Å². The summed E-state index contributed by atoms with van der Waals surface area (Å²) in [5.74, 6) is 0.335. The molecule has 0 radical (unpaired) electrons. The Bertz CT molecular complexity index is 856. The van der Waals surface area contributed by atoms with E-state index < -0.39 is 12.2 Å². The quantitative estimate of drug-likeness (QED) is 0.570. The topological polar surface area (TPSA) is 81.9 Å². The first-order valence-electron chi connectivity index (χ1n) is 8.77. The fourth-order valence-electron chi connectivity index (χ4n) is 3.12. The highest BCUT2D eigenvalue weighted by Crippen LogP contribution is 2.32. The van der Waals surface area contributed by atoms with Crippen molar-refractivity contribution in [1.29, 1.82) is 0 Å². The van der Waals surface area contributed by atoms with Gasteiger partial charge in [-0.2, -0.15) is 0 Å². The van der Waals surface area contributed by atoms with Gasteiger partial charge in [-0.1, -0.05) is 40.2 Å². The van der Waals surface area contributed by atoms with Crippen LogP contribution in [0.5, 0.6) is 5.75 Å². The first kappa shape index (κ1) is 19.4. The predicted octanol–water partition coefficient (Wildman–Crippen LogP) is 3.96. The summed E-state index contributed by atoms with van der Waals surface area (Å²) in [6.07, 6.45) is 0.287. The molecular formula is C20H21BrN2O4. The van der Waals surface area contributed by atoms with Crippen molar-refractivity contribution in [1.82, 2.24) is 0 Å². The lowest BCUT2D eigenvalue weighted by atomic mass is 10.0. The Labute approximate surface area is 166 Å². The van der Waals surface area contributed by atoms with Crippen LogP contribution in [0.2, 0.25) is 0 Å². The number of nitrogens with two attached hydrogens (primary N) is 1. The number of amides is 1. The molecule has 0 aliphatic carbocycles. The number of hydrogen-bond donors (Lipinski definition) is 1. The Balaban J connectivity index is 1.67. The highest BCUT2D eigenvalue weighted by Gasteiger charge is 2.26. The van der Waals surface area contributed by atoms with Gasteiger partial charge in [-0.15, -0.1) is 0 Å². The maximum absolute atomic E-state index is 12.7. The Kier molecular flexibility index (Phi) is 6.13. The van der Waals surface area contributed by atoms with E-state index in [1.165, 1.54) is 5.56 Å². The zero-order valence-corrected chi connectivity index (χ0v) is 16.6. The molecule has 2 N–H and O–H groups in total. The monoisotopic (exact) mass is 432 g/mol. The van der Waals surface area contributed by atoms with Gasteiger partial charge in [-0.3, -0.25) is 4.79 Å². The Morgan fingerprint density at radius 1 is 1.26 bits per heavy atom. The average molecular weight is 433 g/mol. The molecule has 7 heteroatoms. The van der Waals surface area contributed by atoms with Gasteiger partial charge in [0.25, 0.3) is 0 Å². The summed E-state index contributed by atoms with van der Waals surface area (Å²) in [7, 11) is 0. The summed E-state index contributed by atoms with van der Waals surface area (Å²) in [6, 6.07) is 12.5. The van der Waals surface area contributed by atoms with Crippen LogP contribution in [0.3, 0.4) is 0 Å². The number of benzene rings is 2. The molecule has 3 rings (SSSR count). The van der Waals surface area contributed by atoms with Crippen LogP contribution in [0, 0.1) is 0 Å². The maximum Gasteiger partial charge on any atom is 0.513 e. The summed E-state index contributed by atoms with van der Waals surface area (Å²) in [5.41, 5.74) is 9.19. The molecule has 0 aromatic heterocycles. The van der Waals surface area contributed by atoms with Crippen LogP contribution in [-0.2, 0) is 16.0 Å². The van der Waals surface area contributed by atoms with E-state index >= 15 is 0 Å². The average Bonchev–Trinajstić information content (AvgIpc) is 3.06. The minimum Gasteiger partial charge on any atom is -0.434 e. The molecule has 1 aliphatic rings. The molecule has 1 atom stereocenters. The standard InChI is InChI=1S/C20H21BrN2O4/c1-2-26-20(25)27-14-7-8-15(16(21)11-14)17(22)12-19(24)23-10-9-13-5-3-4-6-18(13)23/h3-8,11,17H,2,9-10,12,22H2,1H3. The van der Waals surface area contributed by atoms with E-state index in [1.54, 1.807) is 30.0 Å². The third-order valence-electron chi connectivity index (χ3n) is 4.42. The molecule has 2 aromatic rings. The molecule has 6 nitrogen and oxygen atoms in total. The van der Waals surface area contributed by atoms with Crippen molar-refractivity contribution in [3.63, 3.8) is 0 Å². The van der Waals surface area contributed by atoms with Gasteiger partial charge in [0.05, 0.1) is 6.61 Å². The Hall–Kier alpha value is -2.38. The number of nitrogens with zero attached hydrogens (tertiary/aromatic N) is 1. The van der Waals surface area contributed by atoms with Crippen molar-refractivity contribution in [3.8, 4) is 5.75 Å². The zero-order valence-electron chi connectivity index (χ0n) is 15.0. The fourth-order valence-corrected chi connectivity index (χ4v) is 3.77. The lowest BCUT2D eigenvalue weighted by Crippen LogP contribution is -2.31. The second kappa shape index (κ2) is 8.54.